The smallest absolute Gasteiger partial charge is 0.328 e. The van der Waals surface area contributed by atoms with E-state index in [0.29, 0.717) is 19.5 Å². The van der Waals surface area contributed by atoms with Crippen LogP contribution in [-0.4, -0.2) is 55.9 Å². The molecule has 0 aliphatic heterocycles. The fourth-order valence-corrected chi connectivity index (χ4v) is 1.38. The lowest BCUT2D eigenvalue weighted by Crippen LogP contribution is -2.51. The Bertz CT molecular complexity index is 406. The molecule has 0 radical (unpaired) electrons. The lowest BCUT2D eigenvalue weighted by atomic mass is 10.2. The molecule has 0 aromatic carbocycles. The Morgan fingerprint density at radius 1 is 1.47 bits per heavy atom. The summed E-state index contributed by atoms with van der Waals surface area (Å²) in [5.74, 6) is -1.28. The van der Waals surface area contributed by atoms with E-state index in [0.717, 1.165) is 0 Å². The van der Waals surface area contributed by atoms with Gasteiger partial charge in [0.25, 0.3) is 0 Å². The highest BCUT2D eigenvalue weighted by Crippen LogP contribution is 1.93. The van der Waals surface area contributed by atoms with Crippen molar-refractivity contribution in [2.75, 3.05) is 6.54 Å². The molecule has 0 saturated carbocycles. The van der Waals surface area contributed by atoms with Crippen LogP contribution in [0, 0.1) is 0 Å². The quantitative estimate of drug-likeness (QED) is 0.461. The molecule has 0 saturated heterocycles. The van der Waals surface area contributed by atoms with Crippen LogP contribution in [0.3, 0.4) is 0 Å². The second kappa shape index (κ2) is 7.31. The maximum Gasteiger partial charge on any atom is 0.328 e. The molecule has 1 aromatic rings. The van der Waals surface area contributed by atoms with E-state index < -0.39 is 24.1 Å². The molecule has 0 aliphatic carbocycles. The minimum atomic E-state index is -1.32. The van der Waals surface area contributed by atoms with E-state index in [4.69, 9.17) is 5.11 Å². The normalized spacial score (nSPS) is 13.6. The number of carboxylic acid groups (broad SMARTS) is 1. The van der Waals surface area contributed by atoms with Gasteiger partial charge in [-0.05, 0) is 13.3 Å². The van der Waals surface area contributed by atoms with Crippen molar-refractivity contribution in [3.05, 3.63) is 12.4 Å². The average Bonchev–Trinajstić information content (AvgIpc) is 2.84. The summed E-state index contributed by atoms with van der Waals surface area (Å²) in [5.41, 5.74) is 0. The maximum atomic E-state index is 11.4. The topological polar surface area (TPSA) is 129 Å². The number of hydrogen-bond acceptors (Lipinski definition) is 5. The lowest BCUT2D eigenvalue weighted by Gasteiger charge is -2.17. The van der Waals surface area contributed by atoms with Crippen molar-refractivity contribution in [3.63, 3.8) is 0 Å². The Hall–Kier alpha value is -2.16. The molecule has 2 atom stereocenters. The number of aliphatic hydroxyl groups is 1. The van der Waals surface area contributed by atoms with Gasteiger partial charge in [0.2, 0.25) is 0 Å². The van der Waals surface area contributed by atoms with E-state index in [1.807, 2.05) is 0 Å². The number of rotatable bonds is 7. The molecule has 0 spiro atoms. The van der Waals surface area contributed by atoms with Gasteiger partial charge in [-0.15, -0.1) is 5.10 Å². The van der Waals surface area contributed by atoms with E-state index in [2.05, 4.69) is 20.9 Å². The van der Waals surface area contributed by atoms with Gasteiger partial charge in [0.05, 0.1) is 12.3 Å². The van der Waals surface area contributed by atoms with E-state index in [1.54, 1.807) is 17.1 Å². The van der Waals surface area contributed by atoms with Crippen molar-refractivity contribution in [3.8, 4) is 0 Å². The number of aliphatic hydroxyl groups excluding tert-OH is 1. The summed E-state index contributed by atoms with van der Waals surface area (Å²) in [7, 11) is 0. The molecule has 19 heavy (non-hydrogen) atoms. The molecular weight excluding hydrogens is 254 g/mol. The third-order valence-corrected chi connectivity index (χ3v) is 2.36. The zero-order chi connectivity index (χ0) is 14.3. The molecule has 1 rings (SSSR count). The third-order valence-electron chi connectivity index (χ3n) is 2.36. The minimum absolute atomic E-state index is 0.359. The highest BCUT2D eigenvalue weighted by atomic mass is 16.4. The maximum absolute atomic E-state index is 11.4. The summed E-state index contributed by atoms with van der Waals surface area (Å²) in [5, 5.41) is 30.0. The first-order valence-corrected chi connectivity index (χ1v) is 5.80. The number of aliphatic carboxylic acids is 1. The zero-order valence-corrected chi connectivity index (χ0v) is 10.5. The number of nitrogens with one attached hydrogen (secondary N) is 2. The Labute approximate surface area is 109 Å². The fraction of sp³-hybridized carbons (Fsp3) is 0.600. The van der Waals surface area contributed by atoms with Crippen LogP contribution in [0.5, 0.6) is 0 Å². The Morgan fingerprint density at radius 2 is 2.21 bits per heavy atom. The molecule has 0 bridgehead atoms. The molecule has 0 aliphatic rings. The summed E-state index contributed by atoms with van der Waals surface area (Å²) in [6, 6.07) is -1.96. The van der Waals surface area contributed by atoms with Gasteiger partial charge >= 0.3 is 12.0 Å². The molecule has 1 aromatic heterocycles. The number of aromatic nitrogens is 3. The van der Waals surface area contributed by atoms with Gasteiger partial charge < -0.3 is 20.8 Å². The third kappa shape index (κ3) is 5.34. The molecule has 106 valence electrons. The van der Waals surface area contributed by atoms with E-state index in [1.165, 1.54) is 6.92 Å². The van der Waals surface area contributed by atoms with E-state index in [-0.39, 0.29) is 0 Å². The molecule has 0 fully saturated rings. The number of nitrogens with zero attached hydrogens (tertiary/aromatic N) is 3. The van der Waals surface area contributed by atoms with Crippen LogP contribution in [0.2, 0.25) is 0 Å². The first-order valence-electron chi connectivity index (χ1n) is 5.80. The second-order valence-electron chi connectivity index (χ2n) is 3.98. The van der Waals surface area contributed by atoms with Gasteiger partial charge in [-0.1, -0.05) is 5.21 Å². The highest BCUT2D eigenvalue weighted by Gasteiger charge is 2.24. The van der Waals surface area contributed by atoms with Crippen molar-refractivity contribution >= 4 is 12.0 Å². The van der Waals surface area contributed by atoms with Crippen LogP contribution < -0.4 is 10.6 Å². The van der Waals surface area contributed by atoms with Crippen LogP contribution in [-0.2, 0) is 11.3 Å². The minimum Gasteiger partial charge on any atom is -0.480 e. The van der Waals surface area contributed by atoms with Crippen molar-refractivity contribution in [1.82, 2.24) is 25.6 Å². The predicted octanol–water partition coefficient (Wildman–Crippen LogP) is -1.20. The summed E-state index contributed by atoms with van der Waals surface area (Å²) in [6.45, 7) is 2.25. The van der Waals surface area contributed by atoms with Crippen LogP contribution in [0.15, 0.2) is 12.4 Å². The van der Waals surface area contributed by atoms with Crippen molar-refractivity contribution < 1.29 is 19.8 Å². The largest absolute Gasteiger partial charge is 0.480 e. The summed E-state index contributed by atoms with van der Waals surface area (Å²) in [6.07, 6.45) is 2.72. The van der Waals surface area contributed by atoms with Gasteiger partial charge in [-0.25, -0.2) is 9.59 Å². The Morgan fingerprint density at radius 3 is 2.74 bits per heavy atom. The number of amides is 2. The Balaban J connectivity index is 2.21. The first kappa shape index (κ1) is 14.9. The van der Waals surface area contributed by atoms with Crippen LogP contribution in [0.4, 0.5) is 4.79 Å². The SMILES string of the molecule is CC(O)C(NC(=O)NCCCn1ccnn1)C(=O)O. The van der Waals surface area contributed by atoms with Crippen molar-refractivity contribution in [2.24, 2.45) is 0 Å². The predicted molar refractivity (Wildman–Crippen MR) is 64.3 cm³/mol. The van der Waals surface area contributed by atoms with Crippen molar-refractivity contribution in [2.45, 2.75) is 32.0 Å². The molecule has 2 amide bonds. The first-order chi connectivity index (χ1) is 9.00. The highest BCUT2D eigenvalue weighted by molar-refractivity contribution is 5.82. The summed E-state index contributed by atoms with van der Waals surface area (Å²) >= 11 is 0. The fourth-order valence-electron chi connectivity index (χ4n) is 1.38. The summed E-state index contributed by atoms with van der Waals surface area (Å²) in [4.78, 5) is 22.1. The van der Waals surface area contributed by atoms with Crippen LogP contribution >= 0.6 is 0 Å². The van der Waals surface area contributed by atoms with Gasteiger partial charge in [-0.3, -0.25) is 4.68 Å². The number of carboxylic acids is 1. The van der Waals surface area contributed by atoms with Gasteiger partial charge in [0.15, 0.2) is 6.04 Å². The second-order valence-corrected chi connectivity index (χ2v) is 3.98. The number of hydrogen-bond donors (Lipinski definition) is 4. The molecule has 9 heteroatoms. The van der Waals surface area contributed by atoms with Crippen molar-refractivity contribution in [1.29, 1.82) is 0 Å². The Kier molecular flexibility index (Phi) is 5.73. The van der Waals surface area contributed by atoms with Crippen LogP contribution in [0.1, 0.15) is 13.3 Å². The monoisotopic (exact) mass is 271 g/mol. The average molecular weight is 271 g/mol. The number of carbonyl (C=O) groups is 2. The number of urea groups is 1. The zero-order valence-electron chi connectivity index (χ0n) is 10.5. The van der Waals surface area contributed by atoms with E-state index >= 15 is 0 Å². The van der Waals surface area contributed by atoms with Gasteiger partial charge in [0, 0.05) is 19.3 Å². The molecular formula is C10H17N5O4. The molecule has 9 nitrogen and oxygen atoms in total. The molecule has 1 heterocycles. The molecule has 4 N–H and O–H groups in total. The molecule has 2 unspecified atom stereocenters. The van der Waals surface area contributed by atoms with Gasteiger partial charge in [0.1, 0.15) is 0 Å². The van der Waals surface area contributed by atoms with Gasteiger partial charge in [-0.2, -0.15) is 0 Å². The standard InChI is InChI=1S/C10H17N5O4/c1-7(16)8(9(17)18)13-10(19)11-3-2-5-15-6-4-12-14-15/h4,6-8,16H,2-3,5H2,1H3,(H,17,18)(H2,11,13,19). The summed E-state index contributed by atoms with van der Waals surface area (Å²) < 4.78 is 1.62. The number of carbonyl (C=O) groups excluding carboxylic acids is 1. The lowest BCUT2D eigenvalue weighted by molar-refractivity contribution is -0.141. The number of aryl methyl sites for hydroxylation is 1. The van der Waals surface area contributed by atoms with E-state index in [9.17, 15) is 14.7 Å². The van der Waals surface area contributed by atoms with Crippen LogP contribution in [0.25, 0.3) is 0 Å².